The number of fused-ring (bicyclic) bond motifs is 1. The Kier molecular flexibility index (Phi) is 4.07. The Morgan fingerprint density at radius 3 is 2.62 bits per heavy atom. The fourth-order valence-electron chi connectivity index (χ4n) is 3.42. The lowest BCUT2D eigenvalue weighted by molar-refractivity contribution is 0.592. The summed E-state index contributed by atoms with van der Waals surface area (Å²) in [5.41, 5.74) is 4.82. The predicted molar refractivity (Wildman–Crippen MR) is 105 cm³/mol. The molecule has 0 saturated heterocycles. The van der Waals surface area contributed by atoms with E-state index >= 15 is 0 Å². The number of benzene rings is 2. The fraction of sp³-hybridized carbons (Fsp3) is 0.286. The number of hydrogen-bond donors (Lipinski definition) is 1. The number of para-hydroxylation sites is 2. The standard InChI is InChI=1S/C21H23N5/c1-21(2,3)16-9-5-6-10-17(16)23-20-24-19(14-22-25-20)26-13-12-15-8-4-7-11-18(15)26/h4-11,14H,12-13H2,1-3H3,(H,23,24,25). The van der Waals surface area contributed by atoms with E-state index in [2.05, 4.69) is 83.6 Å². The van der Waals surface area contributed by atoms with Crippen molar-refractivity contribution in [3.05, 3.63) is 65.9 Å². The van der Waals surface area contributed by atoms with Crippen molar-refractivity contribution in [2.75, 3.05) is 16.8 Å². The third kappa shape index (κ3) is 3.12. The molecule has 4 rings (SSSR count). The van der Waals surface area contributed by atoms with E-state index in [1.54, 1.807) is 6.20 Å². The molecule has 0 bridgehead atoms. The highest BCUT2D eigenvalue weighted by Crippen LogP contribution is 2.34. The highest BCUT2D eigenvalue weighted by Gasteiger charge is 2.22. The van der Waals surface area contributed by atoms with E-state index in [4.69, 9.17) is 4.98 Å². The van der Waals surface area contributed by atoms with Crippen molar-refractivity contribution in [1.29, 1.82) is 0 Å². The van der Waals surface area contributed by atoms with Crippen molar-refractivity contribution >= 4 is 23.1 Å². The van der Waals surface area contributed by atoms with Crippen molar-refractivity contribution < 1.29 is 0 Å². The van der Waals surface area contributed by atoms with E-state index in [0.29, 0.717) is 5.95 Å². The first-order valence-corrected chi connectivity index (χ1v) is 8.94. The summed E-state index contributed by atoms with van der Waals surface area (Å²) in [5.74, 6) is 1.34. The lowest BCUT2D eigenvalue weighted by atomic mass is 9.86. The van der Waals surface area contributed by atoms with Crippen molar-refractivity contribution in [3.8, 4) is 0 Å². The van der Waals surface area contributed by atoms with Gasteiger partial charge in [-0.25, -0.2) is 0 Å². The van der Waals surface area contributed by atoms with Gasteiger partial charge in [0.25, 0.3) is 0 Å². The molecule has 1 aromatic heterocycles. The first-order chi connectivity index (χ1) is 12.5. The second kappa shape index (κ2) is 6.41. The zero-order chi connectivity index (χ0) is 18.1. The Labute approximate surface area is 154 Å². The number of nitrogens with one attached hydrogen (secondary N) is 1. The molecule has 5 nitrogen and oxygen atoms in total. The Hall–Kier alpha value is -2.95. The minimum atomic E-state index is 0.0303. The van der Waals surface area contributed by atoms with Crippen LogP contribution in [-0.2, 0) is 11.8 Å². The summed E-state index contributed by atoms with van der Waals surface area (Å²) in [6.07, 6.45) is 2.75. The normalized spacial score (nSPS) is 13.6. The number of nitrogens with zero attached hydrogens (tertiary/aromatic N) is 4. The van der Waals surface area contributed by atoms with Gasteiger partial charge in [0.15, 0.2) is 5.82 Å². The topological polar surface area (TPSA) is 53.9 Å². The molecular weight excluding hydrogens is 322 g/mol. The molecule has 3 aromatic rings. The molecule has 1 aliphatic heterocycles. The van der Waals surface area contributed by atoms with Crippen LogP contribution in [0.2, 0.25) is 0 Å². The molecule has 0 amide bonds. The third-order valence-corrected chi connectivity index (χ3v) is 4.69. The van der Waals surface area contributed by atoms with E-state index in [1.165, 1.54) is 16.8 Å². The van der Waals surface area contributed by atoms with Crippen LogP contribution in [0.4, 0.5) is 23.1 Å². The van der Waals surface area contributed by atoms with Gasteiger partial charge in [0.2, 0.25) is 5.95 Å². The number of aromatic nitrogens is 3. The molecule has 0 aliphatic carbocycles. The van der Waals surface area contributed by atoms with Crippen molar-refractivity contribution in [1.82, 2.24) is 15.2 Å². The molecule has 2 aromatic carbocycles. The molecule has 0 fully saturated rings. The summed E-state index contributed by atoms with van der Waals surface area (Å²) in [6.45, 7) is 7.51. The quantitative estimate of drug-likeness (QED) is 0.751. The maximum Gasteiger partial charge on any atom is 0.249 e. The summed E-state index contributed by atoms with van der Waals surface area (Å²) < 4.78 is 0. The highest BCUT2D eigenvalue weighted by molar-refractivity contribution is 5.68. The predicted octanol–water partition coefficient (Wildman–Crippen LogP) is 4.61. The van der Waals surface area contributed by atoms with E-state index in [9.17, 15) is 0 Å². The SMILES string of the molecule is CC(C)(C)c1ccccc1Nc1nncc(N2CCc3ccccc32)n1. The van der Waals surface area contributed by atoms with E-state index in [1.807, 2.05) is 6.07 Å². The summed E-state index contributed by atoms with van der Waals surface area (Å²) in [6, 6.07) is 16.7. The minimum Gasteiger partial charge on any atom is -0.324 e. The fourth-order valence-corrected chi connectivity index (χ4v) is 3.42. The van der Waals surface area contributed by atoms with Crippen LogP contribution in [0, 0.1) is 0 Å². The van der Waals surface area contributed by atoms with Gasteiger partial charge in [0.1, 0.15) is 0 Å². The smallest absolute Gasteiger partial charge is 0.249 e. The van der Waals surface area contributed by atoms with Gasteiger partial charge in [-0.1, -0.05) is 57.2 Å². The minimum absolute atomic E-state index is 0.0303. The van der Waals surface area contributed by atoms with Crippen molar-refractivity contribution in [3.63, 3.8) is 0 Å². The second-order valence-corrected chi connectivity index (χ2v) is 7.59. The van der Waals surface area contributed by atoms with E-state index < -0.39 is 0 Å². The van der Waals surface area contributed by atoms with Gasteiger partial charge in [-0.2, -0.15) is 10.1 Å². The Morgan fingerprint density at radius 2 is 1.77 bits per heavy atom. The van der Waals surface area contributed by atoms with Gasteiger partial charge in [-0.05, 0) is 35.1 Å². The van der Waals surface area contributed by atoms with Gasteiger partial charge in [0.05, 0.1) is 6.20 Å². The maximum absolute atomic E-state index is 4.71. The lowest BCUT2D eigenvalue weighted by Gasteiger charge is -2.23. The van der Waals surface area contributed by atoms with Crippen LogP contribution in [-0.4, -0.2) is 21.7 Å². The van der Waals surface area contributed by atoms with Gasteiger partial charge in [-0.3, -0.25) is 0 Å². The van der Waals surface area contributed by atoms with E-state index in [0.717, 1.165) is 24.5 Å². The Morgan fingerprint density at radius 1 is 1.00 bits per heavy atom. The molecule has 0 radical (unpaired) electrons. The first-order valence-electron chi connectivity index (χ1n) is 8.94. The van der Waals surface area contributed by atoms with Crippen molar-refractivity contribution in [2.45, 2.75) is 32.6 Å². The highest BCUT2D eigenvalue weighted by atomic mass is 15.3. The van der Waals surface area contributed by atoms with Crippen molar-refractivity contribution in [2.24, 2.45) is 0 Å². The molecule has 1 aliphatic rings. The van der Waals surface area contributed by atoms with Crippen LogP contribution in [0.1, 0.15) is 31.9 Å². The Bertz CT molecular complexity index is 929. The molecule has 0 saturated carbocycles. The summed E-state index contributed by atoms with van der Waals surface area (Å²) in [4.78, 5) is 6.91. The molecule has 26 heavy (non-hydrogen) atoms. The molecule has 1 N–H and O–H groups in total. The van der Waals surface area contributed by atoms with Gasteiger partial charge < -0.3 is 10.2 Å². The lowest BCUT2D eigenvalue weighted by Crippen LogP contribution is -2.17. The molecule has 5 heteroatoms. The van der Waals surface area contributed by atoms with Crippen LogP contribution in [0.5, 0.6) is 0 Å². The zero-order valence-electron chi connectivity index (χ0n) is 15.4. The number of rotatable bonds is 3. The molecule has 2 heterocycles. The average molecular weight is 345 g/mol. The molecule has 0 unspecified atom stereocenters. The largest absolute Gasteiger partial charge is 0.324 e. The Balaban J connectivity index is 1.64. The second-order valence-electron chi connectivity index (χ2n) is 7.59. The zero-order valence-corrected chi connectivity index (χ0v) is 15.4. The molecule has 132 valence electrons. The van der Waals surface area contributed by atoms with Crippen LogP contribution >= 0.6 is 0 Å². The summed E-state index contributed by atoms with van der Waals surface area (Å²) in [7, 11) is 0. The first kappa shape index (κ1) is 16.5. The van der Waals surface area contributed by atoms with Crippen LogP contribution in [0.25, 0.3) is 0 Å². The van der Waals surface area contributed by atoms with Crippen LogP contribution in [0.3, 0.4) is 0 Å². The molecular formula is C21H23N5. The van der Waals surface area contributed by atoms with Crippen LogP contribution in [0.15, 0.2) is 54.7 Å². The number of anilines is 4. The monoisotopic (exact) mass is 345 g/mol. The van der Waals surface area contributed by atoms with E-state index in [-0.39, 0.29) is 5.41 Å². The molecule has 0 atom stereocenters. The average Bonchev–Trinajstić information content (AvgIpc) is 3.06. The molecule has 0 spiro atoms. The van der Waals surface area contributed by atoms with Gasteiger partial charge in [0, 0.05) is 17.9 Å². The van der Waals surface area contributed by atoms with Gasteiger partial charge in [-0.15, -0.1) is 5.10 Å². The van der Waals surface area contributed by atoms with Crippen LogP contribution < -0.4 is 10.2 Å². The summed E-state index contributed by atoms with van der Waals surface area (Å²) >= 11 is 0. The maximum atomic E-state index is 4.71. The number of hydrogen-bond acceptors (Lipinski definition) is 5. The third-order valence-electron chi connectivity index (χ3n) is 4.69. The van der Waals surface area contributed by atoms with Gasteiger partial charge >= 0.3 is 0 Å². The summed E-state index contributed by atoms with van der Waals surface area (Å²) in [5, 5.41) is 11.7.